The lowest BCUT2D eigenvalue weighted by Crippen LogP contribution is -2.63. The Kier molecular flexibility index (Phi) is 1.29. The van der Waals surface area contributed by atoms with Crippen molar-refractivity contribution in [1.82, 2.24) is 5.32 Å². The van der Waals surface area contributed by atoms with E-state index in [0.29, 0.717) is 0 Å². The van der Waals surface area contributed by atoms with Crippen LogP contribution in [0.4, 0.5) is 0 Å². The summed E-state index contributed by atoms with van der Waals surface area (Å²) in [6, 6.07) is 0.288. The fourth-order valence-electron chi connectivity index (χ4n) is 0.908. The van der Waals surface area contributed by atoms with Crippen molar-refractivity contribution in [2.45, 2.75) is 31.8 Å². The van der Waals surface area contributed by atoms with E-state index in [2.05, 4.69) is 12.2 Å². The lowest BCUT2D eigenvalue weighted by atomic mass is 9.84. The van der Waals surface area contributed by atoms with E-state index in [4.69, 9.17) is 5.73 Å². The van der Waals surface area contributed by atoms with Gasteiger partial charge >= 0.3 is 0 Å². The predicted molar refractivity (Wildman–Crippen MR) is 34.7 cm³/mol. The van der Waals surface area contributed by atoms with E-state index in [1.807, 2.05) is 6.92 Å². The molecule has 2 heteroatoms. The Morgan fingerprint density at radius 2 is 2.25 bits per heavy atom. The van der Waals surface area contributed by atoms with Crippen molar-refractivity contribution in [3.05, 3.63) is 0 Å². The molecule has 0 aromatic carbocycles. The Morgan fingerprint density at radius 1 is 1.75 bits per heavy atom. The predicted octanol–water partition coefficient (Wildman–Crippen LogP) is 0.0856. The summed E-state index contributed by atoms with van der Waals surface area (Å²) in [6.07, 6.45) is 1.23. The number of nitrogens with one attached hydrogen (secondary N) is 1. The summed E-state index contributed by atoms with van der Waals surface area (Å²) >= 11 is 0. The van der Waals surface area contributed by atoms with Crippen LogP contribution in [-0.2, 0) is 0 Å². The fraction of sp³-hybridized carbons (Fsp3) is 1.00. The molecule has 3 N–H and O–H groups in total. The van der Waals surface area contributed by atoms with Crippen LogP contribution < -0.4 is 11.1 Å². The molecular weight excluding hydrogens is 100 g/mol. The van der Waals surface area contributed by atoms with Gasteiger partial charge < -0.3 is 11.1 Å². The summed E-state index contributed by atoms with van der Waals surface area (Å²) < 4.78 is 0. The smallest absolute Gasteiger partial charge is 0.0313 e. The zero-order valence-corrected chi connectivity index (χ0v) is 5.57. The molecule has 8 heavy (non-hydrogen) atoms. The van der Waals surface area contributed by atoms with Gasteiger partial charge in [0, 0.05) is 11.6 Å². The quantitative estimate of drug-likeness (QED) is 0.507. The third-order valence-corrected chi connectivity index (χ3v) is 2.18. The minimum absolute atomic E-state index is 0.250. The molecule has 2 unspecified atom stereocenters. The topological polar surface area (TPSA) is 38.0 Å². The van der Waals surface area contributed by atoms with Gasteiger partial charge in [0.1, 0.15) is 0 Å². The average Bonchev–Trinajstić information content (AvgIpc) is 1.60. The monoisotopic (exact) mass is 114 g/mol. The van der Waals surface area contributed by atoms with Gasteiger partial charge in [-0.3, -0.25) is 0 Å². The van der Waals surface area contributed by atoms with E-state index in [1.165, 1.54) is 6.42 Å². The van der Waals surface area contributed by atoms with Crippen molar-refractivity contribution in [2.24, 2.45) is 5.73 Å². The number of rotatable bonds is 1. The van der Waals surface area contributed by atoms with Gasteiger partial charge in [0.25, 0.3) is 0 Å². The van der Waals surface area contributed by atoms with Gasteiger partial charge in [-0.15, -0.1) is 0 Å². The molecule has 0 aromatic heterocycles. The number of nitrogens with two attached hydrogens (primary N) is 1. The molecule has 1 rings (SSSR count). The summed E-state index contributed by atoms with van der Waals surface area (Å²) in [5.41, 5.74) is 5.92. The maximum atomic E-state index is 5.67. The molecule has 1 fully saturated rings. The Labute approximate surface area is 50.4 Å². The Balaban J connectivity index is 2.41. The van der Waals surface area contributed by atoms with Gasteiger partial charge in [-0.05, 0) is 26.8 Å². The Bertz CT molecular complexity index is 84.5. The van der Waals surface area contributed by atoms with Crippen LogP contribution in [0.5, 0.6) is 0 Å². The zero-order chi connectivity index (χ0) is 6.20. The van der Waals surface area contributed by atoms with Crippen LogP contribution >= 0.6 is 0 Å². The highest BCUT2D eigenvalue weighted by molar-refractivity contribution is 4.98. The Morgan fingerprint density at radius 3 is 2.25 bits per heavy atom. The summed E-state index contributed by atoms with van der Waals surface area (Å²) in [4.78, 5) is 0. The normalized spacial score (nSPS) is 40.9. The molecule has 0 amide bonds. The molecule has 48 valence electrons. The van der Waals surface area contributed by atoms with Gasteiger partial charge in [-0.1, -0.05) is 0 Å². The number of hydrogen-bond donors (Lipinski definition) is 2. The lowest BCUT2D eigenvalue weighted by molar-refractivity contribution is 0.197. The van der Waals surface area contributed by atoms with Gasteiger partial charge in [-0.25, -0.2) is 0 Å². The molecule has 0 aliphatic carbocycles. The van der Waals surface area contributed by atoms with Crippen molar-refractivity contribution in [2.75, 3.05) is 6.54 Å². The molecule has 0 aromatic rings. The van der Waals surface area contributed by atoms with Crippen LogP contribution in [0.25, 0.3) is 0 Å². The molecule has 0 bridgehead atoms. The van der Waals surface area contributed by atoms with Crippen molar-refractivity contribution in [3.63, 3.8) is 0 Å². The molecule has 0 saturated carbocycles. The highest BCUT2D eigenvalue weighted by Gasteiger charge is 2.34. The molecule has 1 saturated heterocycles. The molecule has 2 atom stereocenters. The fourth-order valence-corrected chi connectivity index (χ4v) is 0.908. The minimum atomic E-state index is 0.250. The minimum Gasteiger partial charge on any atom is -0.326 e. The summed E-state index contributed by atoms with van der Waals surface area (Å²) in [5, 5.41) is 3.30. The first-order chi connectivity index (χ1) is 3.65. The molecule has 2 nitrogen and oxygen atoms in total. The standard InChI is InChI=1S/C6H14N2/c1-5(7)6(2)3-4-8-6/h5,8H,3-4,7H2,1-2H3. The molecular formula is C6H14N2. The van der Waals surface area contributed by atoms with Crippen molar-refractivity contribution in [1.29, 1.82) is 0 Å². The van der Waals surface area contributed by atoms with Crippen LogP contribution in [0.1, 0.15) is 20.3 Å². The average molecular weight is 114 g/mol. The third-order valence-electron chi connectivity index (χ3n) is 2.18. The van der Waals surface area contributed by atoms with Gasteiger partial charge in [-0.2, -0.15) is 0 Å². The van der Waals surface area contributed by atoms with E-state index in [-0.39, 0.29) is 11.6 Å². The maximum absolute atomic E-state index is 5.67. The van der Waals surface area contributed by atoms with E-state index in [1.54, 1.807) is 0 Å². The van der Waals surface area contributed by atoms with Crippen molar-refractivity contribution in [3.8, 4) is 0 Å². The first-order valence-electron chi connectivity index (χ1n) is 3.16. The molecule has 1 aliphatic heterocycles. The lowest BCUT2D eigenvalue weighted by Gasteiger charge is -2.43. The van der Waals surface area contributed by atoms with Crippen LogP contribution in [0.2, 0.25) is 0 Å². The highest BCUT2D eigenvalue weighted by atomic mass is 15.1. The van der Waals surface area contributed by atoms with E-state index in [9.17, 15) is 0 Å². The van der Waals surface area contributed by atoms with E-state index >= 15 is 0 Å². The second kappa shape index (κ2) is 1.71. The summed E-state index contributed by atoms with van der Waals surface area (Å²) in [5.74, 6) is 0. The van der Waals surface area contributed by atoms with Crippen LogP contribution in [0.15, 0.2) is 0 Å². The molecule has 0 spiro atoms. The molecule has 1 aliphatic rings. The SMILES string of the molecule is CC(N)C1(C)CCN1. The summed E-state index contributed by atoms with van der Waals surface area (Å²) in [6.45, 7) is 5.35. The van der Waals surface area contributed by atoms with Crippen LogP contribution in [0, 0.1) is 0 Å². The Hall–Kier alpha value is -0.0800. The highest BCUT2D eigenvalue weighted by Crippen LogP contribution is 2.19. The van der Waals surface area contributed by atoms with E-state index < -0.39 is 0 Å². The van der Waals surface area contributed by atoms with Gasteiger partial charge in [0.15, 0.2) is 0 Å². The van der Waals surface area contributed by atoms with E-state index in [0.717, 1.165) is 6.54 Å². The van der Waals surface area contributed by atoms with Crippen molar-refractivity contribution < 1.29 is 0 Å². The second-order valence-corrected chi connectivity index (χ2v) is 2.88. The second-order valence-electron chi connectivity index (χ2n) is 2.88. The summed E-state index contributed by atoms with van der Waals surface area (Å²) in [7, 11) is 0. The molecule has 1 heterocycles. The first kappa shape index (κ1) is 6.05. The zero-order valence-electron chi connectivity index (χ0n) is 5.57. The van der Waals surface area contributed by atoms with Crippen LogP contribution in [0.3, 0.4) is 0 Å². The maximum Gasteiger partial charge on any atom is 0.0313 e. The third kappa shape index (κ3) is 0.740. The first-order valence-corrected chi connectivity index (χ1v) is 3.16. The van der Waals surface area contributed by atoms with Crippen molar-refractivity contribution >= 4 is 0 Å². The number of hydrogen-bond acceptors (Lipinski definition) is 2. The van der Waals surface area contributed by atoms with Gasteiger partial charge in [0.2, 0.25) is 0 Å². The van der Waals surface area contributed by atoms with Gasteiger partial charge in [0.05, 0.1) is 0 Å². The molecule has 0 radical (unpaired) electrons. The van der Waals surface area contributed by atoms with Crippen LogP contribution in [-0.4, -0.2) is 18.1 Å². The largest absolute Gasteiger partial charge is 0.326 e.